The van der Waals surface area contributed by atoms with Crippen molar-refractivity contribution < 1.29 is 14.3 Å². The third-order valence-electron chi connectivity index (χ3n) is 3.44. The number of piperazine rings is 1. The van der Waals surface area contributed by atoms with Crippen LogP contribution in [0.5, 0.6) is 5.75 Å². The maximum Gasteiger partial charge on any atom is 0.242 e. The molecule has 0 saturated carbocycles. The number of carbonyl (C=O) groups excluding carboxylic acids is 2. The fourth-order valence-corrected chi connectivity index (χ4v) is 2.61. The first-order chi connectivity index (χ1) is 10.1. The van der Waals surface area contributed by atoms with Crippen LogP contribution in [-0.4, -0.2) is 42.5 Å². The van der Waals surface area contributed by atoms with Crippen LogP contribution >= 0.6 is 15.9 Å². The van der Waals surface area contributed by atoms with Gasteiger partial charge in [0.05, 0.1) is 13.0 Å². The average Bonchev–Trinajstić information content (AvgIpc) is 2.49. The van der Waals surface area contributed by atoms with Crippen molar-refractivity contribution in [3.8, 4) is 5.75 Å². The molecular weight excluding hydrogens is 336 g/mol. The van der Waals surface area contributed by atoms with E-state index in [1.54, 1.807) is 4.90 Å². The summed E-state index contributed by atoms with van der Waals surface area (Å²) >= 11 is 3.35. The Balaban J connectivity index is 1.83. The zero-order valence-electron chi connectivity index (χ0n) is 12.0. The second kappa shape index (κ2) is 7.45. The molecule has 0 spiro atoms. The number of nitrogens with zero attached hydrogens (tertiary/aromatic N) is 1. The Kier molecular flexibility index (Phi) is 5.61. The largest absolute Gasteiger partial charge is 0.493 e. The van der Waals surface area contributed by atoms with Crippen molar-refractivity contribution >= 4 is 27.7 Å². The molecule has 2 rings (SSSR count). The van der Waals surface area contributed by atoms with Crippen LogP contribution in [0, 0.1) is 0 Å². The maximum atomic E-state index is 12.2. The van der Waals surface area contributed by atoms with Gasteiger partial charge in [-0.2, -0.15) is 0 Å². The molecule has 0 radical (unpaired) electrons. The van der Waals surface area contributed by atoms with Gasteiger partial charge in [0.25, 0.3) is 0 Å². The molecule has 1 fully saturated rings. The van der Waals surface area contributed by atoms with Gasteiger partial charge in [-0.25, -0.2) is 0 Å². The average molecular weight is 355 g/mol. The van der Waals surface area contributed by atoms with Crippen LogP contribution in [0.2, 0.25) is 0 Å². The highest BCUT2D eigenvalue weighted by Crippen LogP contribution is 2.16. The molecular formula is C15H19BrN2O3. The second-order valence-corrected chi connectivity index (χ2v) is 5.77. The first kappa shape index (κ1) is 15.8. The number of ether oxygens (including phenoxy) is 1. The quantitative estimate of drug-likeness (QED) is 0.879. The smallest absolute Gasteiger partial charge is 0.242 e. The zero-order valence-corrected chi connectivity index (χ0v) is 13.6. The van der Waals surface area contributed by atoms with Crippen LogP contribution in [0.25, 0.3) is 0 Å². The molecule has 1 aliphatic rings. The topological polar surface area (TPSA) is 58.6 Å². The van der Waals surface area contributed by atoms with Gasteiger partial charge in [-0.3, -0.25) is 9.59 Å². The lowest BCUT2D eigenvalue weighted by atomic mass is 10.1. The van der Waals surface area contributed by atoms with E-state index < -0.39 is 0 Å². The summed E-state index contributed by atoms with van der Waals surface area (Å²) in [5, 5.41) is 2.79. The van der Waals surface area contributed by atoms with E-state index in [9.17, 15) is 9.59 Å². The molecule has 1 N–H and O–H groups in total. The molecule has 114 valence electrons. The lowest BCUT2D eigenvalue weighted by molar-refractivity contribution is -0.143. The molecule has 0 bridgehead atoms. The molecule has 0 aliphatic carbocycles. The highest BCUT2D eigenvalue weighted by atomic mass is 79.9. The molecule has 2 amide bonds. The zero-order chi connectivity index (χ0) is 15.2. The molecule has 1 heterocycles. The Morgan fingerprint density at radius 3 is 2.81 bits per heavy atom. The van der Waals surface area contributed by atoms with E-state index in [1.165, 1.54) is 0 Å². The van der Waals surface area contributed by atoms with E-state index in [2.05, 4.69) is 21.2 Å². The summed E-state index contributed by atoms with van der Waals surface area (Å²) < 4.78 is 6.53. The highest BCUT2D eigenvalue weighted by Gasteiger charge is 2.31. The van der Waals surface area contributed by atoms with Gasteiger partial charge in [0.2, 0.25) is 11.8 Å². The van der Waals surface area contributed by atoms with Gasteiger partial charge in [-0.15, -0.1) is 0 Å². The first-order valence-electron chi connectivity index (χ1n) is 7.07. The molecule has 1 aromatic rings. The van der Waals surface area contributed by atoms with E-state index in [4.69, 9.17) is 4.74 Å². The van der Waals surface area contributed by atoms with Crippen LogP contribution in [-0.2, 0) is 9.59 Å². The molecule has 1 aliphatic heterocycles. The van der Waals surface area contributed by atoms with E-state index >= 15 is 0 Å². The summed E-state index contributed by atoms with van der Waals surface area (Å²) in [6.07, 6.45) is 0.908. The number of halogens is 1. The molecule has 5 nitrogen and oxygen atoms in total. The lowest BCUT2D eigenvalue weighted by Crippen LogP contribution is -2.57. The van der Waals surface area contributed by atoms with Crippen molar-refractivity contribution in [3.05, 3.63) is 28.7 Å². The molecule has 1 unspecified atom stereocenters. The van der Waals surface area contributed by atoms with Crippen molar-refractivity contribution in [3.63, 3.8) is 0 Å². The van der Waals surface area contributed by atoms with E-state index in [0.717, 1.165) is 10.2 Å². The van der Waals surface area contributed by atoms with Crippen molar-refractivity contribution in [2.24, 2.45) is 0 Å². The number of hydrogen-bond acceptors (Lipinski definition) is 3. The fourth-order valence-electron chi connectivity index (χ4n) is 2.35. The van der Waals surface area contributed by atoms with Gasteiger partial charge >= 0.3 is 0 Å². The van der Waals surface area contributed by atoms with Crippen molar-refractivity contribution in [2.75, 3.05) is 19.7 Å². The fraction of sp³-hybridized carbons (Fsp3) is 0.467. The molecule has 6 heteroatoms. The number of hydrogen-bond donors (Lipinski definition) is 1. The summed E-state index contributed by atoms with van der Waals surface area (Å²) in [7, 11) is 0. The van der Waals surface area contributed by atoms with Gasteiger partial charge in [0, 0.05) is 17.6 Å². The number of rotatable bonds is 5. The molecule has 1 aromatic carbocycles. The lowest BCUT2D eigenvalue weighted by Gasteiger charge is -2.34. The van der Waals surface area contributed by atoms with Crippen LogP contribution in [0.3, 0.4) is 0 Å². The molecule has 0 aromatic heterocycles. The SMILES string of the molecule is CCC1C(=O)NCCN1C(=O)CCOc1ccc(Br)cc1. The van der Waals surface area contributed by atoms with Crippen molar-refractivity contribution in [2.45, 2.75) is 25.8 Å². The second-order valence-electron chi connectivity index (χ2n) is 4.85. The van der Waals surface area contributed by atoms with Crippen LogP contribution in [0.1, 0.15) is 19.8 Å². The summed E-state index contributed by atoms with van der Waals surface area (Å²) in [6, 6.07) is 7.12. The predicted octanol–water partition coefficient (Wildman–Crippen LogP) is 1.95. The van der Waals surface area contributed by atoms with Gasteiger partial charge in [0.1, 0.15) is 11.8 Å². The van der Waals surface area contributed by atoms with E-state index in [1.807, 2.05) is 31.2 Å². The van der Waals surface area contributed by atoms with Crippen LogP contribution < -0.4 is 10.1 Å². The van der Waals surface area contributed by atoms with Gasteiger partial charge in [-0.1, -0.05) is 22.9 Å². The Bertz CT molecular complexity index is 504. The maximum absolute atomic E-state index is 12.2. The Morgan fingerprint density at radius 1 is 1.43 bits per heavy atom. The number of nitrogens with one attached hydrogen (secondary N) is 1. The summed E-state index contributed by atoms with van der Waals surface area (Å²) in [4.78, 5) is 25.6. The predicted molar refractivity (Wildman–Crippen MR) is 83.1 cm³/mol. The van der Waals surface area contributed by atoms with Crippen molar-refractivity contribution in [1.29, 1.82) is 0 Å². The van der Waals surface area contributed by atoms with E-state index in [-0.39, 0.29) is 24.3 Å². The van der Waals surface area contributed by atoms with Gasteiger partial charge < -0.3 is 15.0 Å². The normalized spacial score (nSPS) is 18.3. The Hall–Kier alpha value is -1.56. The summed E-state index contributed by atoms with van der Waals surface area (Å²) in [5.41, 5.74) is 0. The Morgan fingerprint density at radius 2 is 2.14 bits per heavy atom. The summed E-state index contributed by atoms with van der Waals surface area (Å²) in [5.74, 6) is 0.633. The standard InChI is InChI=1S/C15H19BrN2O3/c1-2-13-15(20)17-8-9-18(13)14(19)7-10-21-12-5-3-11(16)4-6-12/h3-6,13H,2,7-10H2,1H3,(H,17,20). The molecule has 1 saturated heterocycles. The Labute approximate surface area is 132 Å². The minimum atomic E-state index is -0.348. The summed E-state index contributed by atoms with van der Waals surface area (Å²) in [6.45, 7) is 3.32. The highest BCUT2D eigenvalue weighted by molar-refractivity contribution is 9.10. The van der Waals surface area contributed by atoms with E-state index in [0.29, 0.717) is 26.1 Å². The third kappa shape index (κ3) is 4.20. The minimum Gasteiger partial charge on any atom is -0.493 e. The first-order valence-corrected chi connectivity index (χ1v) is 7.86. The van der Waals surface area contributed by atoms with Gasteiger partial charge in [0.15, 0.2) is 0 Å². The molecule has 1 atom stereocenters. The van der Waals surface area contributed by atoms with Crippen LogP contribution in [0.15, 0.2) is 28.7 Å². The van der Waals surface area contributed by atoms with Crippen molar-refractivity contribution in [1.82, 2.24) is 10.2 Å². The number of amides is 2. The molecule has 21 heavy (non-hydrogen) atoms. The number of benzene rings is 1. The third-order valence-corrected chi connectivity index (χ3v) is 3.96. The minimum absolute atomic E-state index is 0.0335. The number of carbonyl (C=O) groups is 2. The monoisotopic (exact) mass is 354 g/mol. The van der Waals surface area contributed by atoms with Gasteiger partial charge in [-0.05, 0) is 30.7 Å². The van der Waals surface area contributed by atoms with Crippen LogP contribution in [0.4, 0.5) is 0 Å².